The first-order valence-corrected chi connectivity index (χ1v) is 10.2. The van der Waals surface area contributed by atoms with Crippen LogP contribution in [0.2, 0.25) is 0 Å². The number of fused-ring (bicyclic) bond motifs is 3. The Morgan fingerprint density at radius 1 is 1.38 bits per heavy atom. The number of nitrogens with one attached hydrogen (secondary N) is 1. The molecule has 0 saturated heterocycles. The number of carbonyl (C=O) groups excluding carboxylic acids is 2. The fourth-order valence-corrected chi connectivity index (χ4v) is 4.25. The summed E-state index contributed by atoms with van der Waals surface area (Å²) in [6.45, 7) is 2.57. The zero-order chi connectivity index (χ0) is 23.2. The molecule has 11 heteroatoms. The molecule has 2 aliphatic rings. The van der Waals surface area contributed by atoms with Gasteiger partial charge in [-0.05, 0) is 19.1 Å². The maximum atomic E-state index is 14.4. The third-order valence-electron chi connectivity index (χ3n) is 5.96. The van der Waals surface area contributed by atoms with Crippen molar-refractivity contribution in [1.82, 2.24) is 19.6 Å². The smallest absolute Gasteiger partial charge is 0.322 e. The Balaban J connectivity index is 1.63. The van der Waals surface area contributed by atoms with Crippen LogP contribution < -0.4 is 5.32 Å². The number of benzene rings is 1. The number of carbonyl (C=O) groups is 2. The molecule has 168 valence electrons. The number of hydrogen-bond donors (Lipinski definition) is 2. The van der Waals surface area contributed by atoms with Gasteiger partial charge in [-0.3, -0.25) is 9.48 Å². The van der Waals surface area contributed by atoms with Gasteiger partial charge in [0.15, 0.2) is 5.82 Å². The lowest BCUT2D eigenvalue weighted by molar-refractivity contribution is 0.0761. The van der Waals surface area contributed by atoms with Gasteiger partial charge in [0.25, 0.3) is 5.91 Å². The molecule has 3 amide bonds. The van der Waals surface area contributed by atoms with Crippen LogP contribution in [0.15, 0.2) is 12.1 Å². The van der Waals surface area contributed by atoms with E-state index in [2.05, 4.69) is 10.4 Å². The van der Waals surface area contributed by atoms with Gasteiger partial charge in [-0.1, -0.05) is 0 Å². The van der Waals surface area contributed by atoms with Crippen molar-refractivity contribution in [3.05, 3.63) is 46.3 Å². The average Bonchev–Trinajstić information content (AvgIpc) is 3.04. The van der Waals surface area contributed by atoms with E-state index in [0.717, 1.165) is 12.1 Å². The van der Waals surface area contributed by atoms with Crippen LogP contribution in [-0.4, -0.2) is 62.9 Å². The van der Waals surface area contributed by atoms with E-state index >= 15 is 0 Å². The predicted octanol–water partition coefficient (Wildman–Crippen LogP) is 1.71. The number of aliphatic hydroxyl groups is 1. The molecule has 0 radical (unpaired) electrons. The summed E-state index contributed by atoms with van der Waals surface area (Å²) in [5.41, 5.74) is 0.623. The maximum Gasteiger partial charge on any atom is 0.322 e. The topological polar surface area (TPSA) is 114 Å². The average molecular weight is 444 g/mol. The Morgan fingerprint density at radius 3 is 2.81 bits per heavy atom. The van der Waals surface area contributed by atoms with Crippen LogP contribution >= 0.6 is 0 Å². The van der Waals surface area contributed by atoms with Gasteiger partial charge in [-0.2, -0.15) is 10.4 Å². The van der Waals surface area contributed by atoms with Crippen molar-refractivity contribution in [3.63, 3.8) is 0 Å². The fourth-order valence-electron chi connectivity index (χ4n) is 4.25. The minimum absolute atomic E-state index is 0.0783. The molecule has 0 fully saturated rings. The largest absolute Gasteiger partial charge is 0.396 e. The maximum absolute atomic E-state index is 14.4. The highest BCUT2D eigenvalue weighted by atomic mass is 19.1. The van der Waals surface area contributed by atoms with Crippen LogP contribution in [0.5, 0.6) is 0 Å². The predicted molar refractivity (Wildman–Crippen MR) is 109 cm³/mol. The van der Waals surface area contributed by atoms with Gasteiger partial charge in [0.2, 0.25) is 0 Å². The third kappa shape index (κ3) is 3.56. The number of urea groups is 1. The molecule has 2 unspecified atom stereocenters. The van der Waals surface area contributed by atoms with E-state index in [0.29, 0.717) is 36.5 Å². The van der Waals surface area contributed by atoms with Gasteiger partial charge >= 0.3 is 6.03 Å². The minimum atomic E-state index is -1.14. The minimum Gasteiger partial charge on any atom is -0.396 e. The highest BCUT2D eigenvalue weighted by Gasteiger charge is 2.37. The van der Waals surface area contributed by atoms with E-state index in [1.165, 1.54) is 15.9 Å². The van der Waals surface area contributed by atoms with E-state index in [4.69, 9.17) is 5.26 Å². The zero-order valence-electron chi connectivity index (χ0n) is 17.6. The highest BCUT2D eigenvalue weighted by molar-refractivity contribution is 5.95. The molecule has 4 rings (SSSR count). The number of anilines is 1. The molecule has 0 saturated carbocycles. The molecule has 2 aliphatic heterocycles. The van der Waals surface area contributed by atoms with Gasteiger partial charge in [0.1, 0.15) is 23.1 Å². The van der Waals surface area contributed by atoms with Crippen LogP contribution in [0.4, 0.5) is 19.3 Å². The summed E-state index contributed by atoms with van der Waals surface area (Å²) in [5, 5.41) is 25.5. The van der Waals surface area contributed by atoms with Crippen LogP contribution in [-0.2, 0) is 19.5 Å². The van der Waals surface area contributed by atoms with E-state index < -0.39 is 23.2 Å². The number of halogens is 2. The summed E-state index contributed by atoms with van der Waals surface area (Å²) in [6.07, 6.45) is 0.388. The van der Waals surface area contributed by atoms with Crippen molar-refractivity contribution in [2.24, 2.45) is 5.92 Å². The van der Waals surface area contributed by atoms with Crippen LogP contribution in [0, 0.1) is 28.9 Å². The summed E-state index contributed by atoms with van der Waals surface area (Å²) < 4.78 is 29.6. The lowest BCUT2D eigenvalue weighted by atomic mass is 9.99. The summed E-state index contributed by atoms with van der Waals surface area (Å²) in [7, 11) is 1.65. The second-order valence-electron chi connectivity index (χ2n) is 8.20. The Morgan fingerprint density at radius 2 is 2.12 bits per heavy atom. The number of nitrogens with zero attached hydrogens (tertiary/aromatic N) is 5. The van der Waals surface area contributed by atoms with Gasteiger partial charge in [-0.15, -0.1) is 0 Å². The number of rotatable bonds is 2. The van der Waals surface area contributed by atoms with E-state index in [9.17, 15) is 23.5 Å². The highest BCUT2D eigenvalue weighted by Crippen LogP contribution is 2.30. The molecule has 2 atom stereocenters. The van der Waals surface area contributed by atoms with Gasteiger partial charge in [0, 0.05) is 50.7 Å². The molecule has 2 aromatic rings. The SMILES string of the molecule is CC1Cc2nn3c(c2CN1C(=O)Nc1ccc(F)c(C#N)c1F)C(=O)N(C)CC(CO)C3. The molecule has 3 heterocycles. The molecule has 1 aromatic carbocycles. The summed E-state index contributed by atoms with van der Waals surface area (Å²) in [4.78, 5) is 28.9. The van der Waals surface area contributed by atoms with Crippen LogP contribution in [0.3, 0.4) is 0 Å². The van der Waals surface area contributed by atoms with Crippen molar-refractivity contribution in [2.45, 2.75) is 32.5 Å². The third-order valence-corrected chi connectivity index (χ3v) is 5.96. The first-order valence-electron chi connectivity index (χ1n) is 10.2. The fraction of sp³-hybridized carbons (Fsp3) is 0.429. The van der Waals surface area contributed by atoms with Gasteiger partial charge < -0.3 is 20.2 Å². The number of hydrogen-bond acceptors (Lipinski definition) is 5. The second-order valence-corrected chi connectivity index (χ2v) is 8.20. The molecule has 0 bridgehead atoms. The van der Waals surface area contributed by atoms with Crippen LogP contribution in [0.1, 0.15) is 34.2 Å². The summed E-state index contributed by atoms with van der Waals surface area (Å²) in [6, 6.07) is 2.48. The summed E-state index contributed by atoms with van der Waals surface area (Å²) >= 11 is 0. The zero-order valence-corrected chi connectivity index (χ0v) is 17.6. The molecule has 0 spiro atoms. The molecule has 1 aromatic heterocycles. The van der Waals surface area contributed by atoms with Gasteiger partial charge in [-0.25, -0.2) is 13.6 Å². The van der Waals surface area contributed by atoms with Crippen molar-refractivity contribution in [1.29, 1.82) is 5.26 Å². The number of amides is 3. The van der Waals surface area contributed by atoms with Crippen LogP contribution in [0.25, 0.3) is 0 Å². The van der Waals surface area contributed by atoms with E-state index in [1.807, 2.05) is 0 Å². The van der Waals surface area contributed by atoms with E-state index in [-0.39, 0.29) is 36.7 Å². The van der Waals surface area contributed by atoms with Gasteiger partial charge in [0.05, 0.1) is 17.9 Å². The first-order chi connectivity index (χ1) is 15.2. The lowest BCUT2D eigenvalue weighted by Crippen LogP contribution is -2.45. The molecule has 0 aliphatic carbocycles. The molecular weight excluding hydrogens is 422 g/mol. The molecule has 2 N–H and O–H groups in total. The Labute approximate surface area is 182 Å². The number of aliphatic hydroxyl groups excluding tert-OH is 1. The quantitative estimate of drug-likeness (QED) is 0.732. The molecule has 9 nitrogen and oxygen atoms in total. The number of nitriles is 1. The first kappa shape index (κ1) is 21.7. The molecular formula is C21H22F2N6O3. The van der Waals surface area contributed by atoms with Crippen molar-refractivity contribution < 1.29 is 23.5 Å². The monoisotopic (exact) mass is 444 g/mol. The Bertz CT molecular complexity index is 1140. The Kier molecular flexibility index (Phi) is 5.56. The van der Waals surface area contributed by atoms with Crippen molar-refractivity contribution in [3.8, 4) is 6.07 Å². The second kappa shape index (κ2) is 8.20. The van der Waals surface area contributed by atoms with Crippen molar-refractivity contribution in [2.75, 3.05) is 25.5 Å². The normalized spacial score (nSPS) is 20.3. The Hall–Kier alpha value is -3.52. The lowest BCUT2D eigenvalue weighted by Gasteiger charge is -2.33. The van der Waals surface area contributed by atoms with Crippen molar-refractivity contribution >= 4 is 17.6 Å². The molecule has 32 heavy (non-hydrogen) atoms. The van der Waals surface area contributed by atoms with E-state index in [1.54, 1.807) is 18.7 Å². The summed E-state index contributed by atoms with van der Waals surface area (Å²) in [5.74, 6) is -2.55. The number of aromatic nitrogens is 2. The standard InChI is InChI=1S/C21H22F2N6O3/c1-11-5-17-14(19-20(31)27(2)7-12(10-30)8-29(19)26-17)9-28(11)21(32)25-16-4-3-15(22)13(6-24)18(16)23/h3-4,11-12,30H,5,7-10H2,1-2H3,(H,25,32).